The Hall–Kier alpha value is -5.61. The van der Waals surface area contributed by atoms with E-state index in [0.717, 1.165) is 77.8 Å². The van der Waals surface area contributed by atoms with E-state index in [1.54, 1.807) is 27.8 Å². The van der Waals surface area contributed by atoms with Gasteiger partial charge in [0.1, 0.15) is 5.69 Å². The van der Waals surface area contributed by atoms with Gasteiger partial charge >= 0.3 is 12.2 Å². The van der Waals surface area contributed by atoms with Gasteiger partial charge < -0.3 is 29.7 Å². The van der Waals surface area contributed by atoms with Gasteiger partial charge in [0, 0.05) is 31.0 Å². The lowest BCUT2D eigenvalue weighted by Crippen LogP contribution is -2.46. The maximum atomic E-state index is 14.7. The van der Waals surface area contributed by atoms with Gasteiger partial charge in [-0.15, -0.1) is 0 Å². The Balaban J connectivity index is 1.21. The average molecular weight is 714 g/mol. The van der Waals surface area contributed by atoms with Crippen LogP contribution >= 0.6 is 0 Å². The number of rotatable bonds is 13. The Morgan fingerprint density at radius 1 is 0.906 bits per heavy atom. The summed E-state index contributed by atoms with van der Waals surface area (Å²) in [6.45, 7) is 12.7. The van der Waals surface area contributed by atoms with Crippen molar-refractivity contribution in [3.8, 4) is 17.2 Å². The maximum Gasteiger partial charge on any atom is 0.322 e. The third-order valence-electron chi connectivity index (χ3n) is 10.2. The zero-order valence-corrected chi connectivity index (χ0v) is 30.7. The van der Waals surface area contributed by atoms with Crippen molar-refractivity contribution < 1.29 is 24.2 Å². The molecular weight excluding hydrogens is 667 g/mol. The summed E-state index contributed by atoms with van der Waals surface area (Å²) in [7, 11) is 0. The first-order valence-electron chi connectivity index (χ1n) is 18.6. The van der Waals surface area contributed by atoms with E-state index in [1.807, 2.05) is 73.7 Å². The topological polar surface area (TPSA) is 109 Å². The van der Waals surface area contributed by atoms with Gasteiger partial charge in [0.15, 0.2) is 11.5 Å². The van der Waals surface area contributed by atoms with E-state index >= 15 is 0 Å². The number of nitrogens with one attached hydrogen (secondary N) is 1. The first-order valence-corrected chi connectivity index (χ1v) is 18.6. The van der Waals surface area contributed by atoms with Crippen LogP contribution in [0.15, 0.2) is 91.5 Å². The van der Waals surface area contributed by atoms with E-state index in [2.05, 4.69) is 30.6 Å². The van der Waals surface area contributed by atoms with Crippen LogP contribution in [0.3, 0.4) is 0 Å². The molecule has 2 N–H and O–H groups in total. The molecule has 53 heavy (non-hydrogen) atoms. The second-order valence-corrected chi connectivity index (χ2v) is 13.9. The summed E-state index contributed by atoms with van der Waals surface area (Å²) in [5.74, 6) is 0.194. The zero-order chi connectivity index (χ0) is 37.1. The number of amides is 2. The van der Waals surface area contributed by atoms with Gasteiger partial charge in [-0.25, -0.2) is 4.68 Å². The lowest BCUT2D eigenvalue weighted by atomic mass is 9.93. The molecule has 0 radical (unpaired) electrons. The van der Waals surface area contributed by atoms with Gasteiger partial charge in [-0.3, -0.25) is 9.59 Å². The number of aliphatic hydroxyl groups is 1. The fourth-order valence-corrected chi connectivity index (χ4v) is 7.16. The fourth-order valence-electron chi connectivity index (χ4n) is 7.16. The molecule has 1 atom stereocenters. The first kappa shape index (κ1) is 35.8. The first-order chi connectivity index (χ1) is 25.8. The Labute approximate surface area is 310 Å². The summed E-state index contributed by atoms with van der Waals surface area (Å²) in [6.07, 6.45) is 3.60. The predicted octanol–water partition coefficient (Wildman–Crippen LogP) is 7.50. The molecule has 2 aliphatic rings. The van der Waals surface area contributed by atoms with Crippen LogP contribution < -0.4 is 14.8 Å². The van der Waals surface area contributed by atoms with Crippen LogP contribution in [-0.4, -0.2) is 68.5 Å². The Morgan fingerprint density at radius 3 is 2.19 bits per heavy atom. The van der Waals surface area contributed by atoms with E-state index in [4.69, 9.17) is 14.6 Å². The smallest absolute Gasteiger partial charge is 0.322 e. The summed E-state index contributed by atoms with van der Waals surface area (Å²) < 4.78 is 13.6. The normalized spacial score (nSPS) is 15.0. The number of carbonyl (C=O) groups excluding carboxylic acids is 2. The summed E-state index contributed by atoms with van der Waals surface area (Å²) >= 11 is 0. The number of benzene rings is 4. The summed E-state index contributed by atoms with van der Waals surface area (Å²) in [5.41, 5.74) is 5.86. The molecule has 1 aromatic heterocycles. The number of aliphatic hydroxyl groups excluding tert-OH is 1. The molecule has 5 aromatic rings. The van der Waals surface area contributed by atoms with Crippen molar-refractivity contribution in [1.82, 2.24) is 19.6 Å². The standard InChI is InChI=1S/C43H47N5O5/c1-5-7-19-46(20-8-6-2)29(4)37-21-28(3)48(45-37)38-18-17-34(25-36(38)42(51)47-26-33-16-12-11-13-30(33)22-35(47)27-49)44-41(50)43-52-39-23-31-14-9-10-15-32(31)24-40(39)53-43/h9-18,21,23-25,35,43,49H,4-8,19-20,22,26-27H2,1-3H3,(H,44,50)/t35-/m0/s1. The fraction of sp³-hybridized carbons (Fsp3) is 0.326. The number of carbonyl (C=O) groups is 2. The van der Waals surface area contributed by atoms with Crippen LogP contribution in [0.5, 0.6) is 11.5 Å². The second-order valence-electron chi connectivity index (χ2n) is 13.9. The van der Waals surface area contributed by atoms with Crippen LogP contribution in [0.25, 0.3) is 22.2 Å². The van der Waals surface area contributed by atoms with Crippen molar-refractivity contribution in [2.45, 2.75) is 71.8 Å². The molecule has 3 heterocycles. The molecule has 0 spiro atoms. The van der Waals surface area contributed by atoms with E-state index in [-0.39, 0.29) is 12.5 Å². The molecule has 10 heteroatoms. The minimum Gasteiger partial charge on any atom is -0.442 e. The van der Waals surface area contributed by atoms with E-state index in [0.29, 0.717) is 41.4 Å². The highest BCUT2D eigenvalue weighted by atomic mass is 16.7. The molecular formula is C43H47N5O5. The molecule has 7 rings (SSSR count). The third kappa shape index (κ3) is 7.37. The number of hydrogen-bond acceptors (Lipinski definition) is 7. The van der Waals surface area contributed by atoms with Gasteiger partial charge in [0.25, 0.3) is 5.91 Å². The van der Waals surface area contributed by atoms with Crippen molar-refractivity contribution in [2.75, 3.05) is 25.0 Å². The number of aryl methyl sites for hydroxylation is 1. The summed E-state index contributed by atoms with van der Waals surface area (Å²) in [5, 5.41) is 20.3. The van der Waals surface area contributed by atoms with Gasteiger partial charge in [0.2, 0.25) is 0 Å². The van der Waals surface area contributed by atoms with Gasteiger partial charge in [-0.2, -0.15) is 5.10 Å². The van der Waals surface area contributed by atoms with E-state index < -0.39 is 18.2 Å². The molecule has 2 amide bonds. The summed E-state index contributed by atoms with van der Waals surface area (Å²) in [4.78, 5) is 32.3. The van der Waals surface area contributed by atoms with Gasteiger partial charge in [-0.05, 0) is 84.5 Å². The molecule has 0 saturated carbocycles. The number of hydrogen-bond donors (Lipinski definition) is 2. The van der Waals surface area contributed by atoms with Gasteiger partial charge in [0.05, 0.1) is 29.6 Å². The highest BCUT2D eigenvalue weighted by molar-refractivity contribution is 6.01. The SMILES string of the molecule is C=C(c1cc(C)n(-c2ccc(NC(=O)C3Oc4cc5ccccc5cc4O3)cc2C(=O)N2Cc3ccccc3C[C@H]2CO)n1)N(CCCC)CCCC. The minimum atomic E-state index is -1.21. The molecule has 0 saturated heterocycles. The average Bonchev–Trinajstić information content (AvgIpc) is 3.79. The number of ether oxygens (including phenoxy) is 2. The number of nitrogens with zero attached hydrogens (tertiary/aromatic N) is 4. The van der Waals surface area contributed by atoms with Crippen LogP contribution in [0.4, 0.5) is 5.69 Å². The van der Waals surface area contributed by atoms with Crippen LogP contribution in [-0.2, 0) is 17.8 Å². The largest absolute Gasteiger partial charge is 0.442 e. The Morgan fingerprint density at radius 2 is 1.55 bits per heavy atom. The van der Waals surface area contributed by atoms with Crippen molar-refractivity contribution in [3.05, 3.63) is 120 Å². The minimum absolute atomic E-state index is 0.187. The van der Waals surface area contributed by atoms with Crippen LogP contribution in [0.2, 0.25) is 0 Å². The molecule has 4 aromatic carbocycles. The molecule has 0 unspecified atom stereocenters. The molecule has 0 fully saturated rings. The molecule has 2 aliphatic heterocycles. The Bertz CT molecular complexity index is 2110. The van der Waals surface area contributed by atoms with Crippen molar-refractivity contribution in [1.29, 1.82) is 0 Å². The van der Waals surface area contributed by atoms with Crippen LogP contribution in [0, 0.1) is 6.92 Å². The van der Waals surface area contributed by atoms with Crippen molar-refractivity contribution >= 4 is 34.0 Å². The summed E-state index contributed by atoms with van der Waals surface area (Å²) in [6, 6.07) is 26.4. The molecule has 0 aliphatic carbocycles. The number of aromatic nitrogens is 2. The van der Waals surface area contributed by atoms with Crippen molar-refractivity contribution in [3.63, 3.8) is 0 Å². The number of unbranched alkanes of at least 4 members (excludes halogenated alkanes) is 2. The van der Waals surface area contributed by atoms with Crippen molar-refractivity contribution in [2.24, 2.45) is 0 Å². The zero-order valence-electron chi connectivity index (χ0n) is 30.7. The third-order valence-corrected chi connectivity index (χ3v) is 10.2. The maximum absolute atomic E-state index is 14.7. The highest BCUT2D eigenvalue weighted by Crippen LogP contribution is 2.39. The lowest BCUT2D eigenvalue weighted by molar-refractivity contribution is -0.131. The van der Waals surface area contributed by atoms with E-state index in [1.165, 1.54) is 0 Å². The molecule has 0 bridgehead atoms. The monoisotopic (exact) mass is 713 g/mol. The quantitative estimate of drug-likeness (QED) is 0.130. The lowest BCUT2D eigenvalue weighted by Gasteiger charge is -2.36. The predicted molar refractivity (Wildman–Crippen MR) is 207 cm³/mol. The van der Waals surface area contributed by atoms with Gasteiger partial charge in [-0.1, -0.05) is 81.8 Å². The molecule has 274 valence electrons. The van der Waals surface area contributed by atoms with Crippen LogP contribution in [0.1, 0.15) is 72.4 Å². The molecule has 10 nitrogen and oxygen atoms in total. The number of anilines is 1. The second kappa shape index (κ2) is 15.6. The van der Waals surface area contributed by atoms with E-state index in [9.17, 15) is 14.7 Å². The highest BCUT2D eigenvalue weighted by Gasteiger charge is 2.34. The number of fused-ring (bicyclic) bond motifs is 3. The Kier molecular flexibility index (Phi) is 10.5.